The number of rotatable bonds is 4. The topological polar surface area (TPSA) is 29.9 Å². The molecule has 3 heteroatoms. The van der Waals surface area contributed by atoms with Gasteiger partial charge in [0.05, 0.1) is 11.9 Å². The zero-order valence-corrected chi connectivity index (χ0v) is 10.4. The van der Waals surface area contributed by atoms with Gasteiger partial charge < -0.3 is 5.32 Å². The molecule has 0 radical (unpaired) electrons. The first-order valence-electron chi connectivity index (χ1n) is 6.54. The molecule has 2 atom stereocenters. The van der Waals surface area contributed by atoms with Crippen molar-refractivity contribution in [1.82, 2.24) is 9.78 Å². The van der Waals surface area contributed by atoms with E-state index in [9.17, 15) is 0 Å². The van der Waals surface area contributed by atoms with Crippen molar-refractivity contribution >= 4 is 5.69 Å². The normalized spacial score (nSPS) is 25.6. The van der Waals surface area contributed by atoms with Gasteiger partial charge in [-0.2, -0.15) is 5.10 Å². The van der Waals surface area contributed by atoms with Crippen LogP contribution in [0.2, 0.25) is 0 Å². The lowest BCUT2D eigenvalue weighted by Gasteiger charge is -2.26. The molecule has 1 heterocycles. The van der Waals surface area contributed by atoms with Crippen LogP contribution < -0.4 is 5.32 Å². The standard InChI is InChI=1S/C13H23N3/c1-3-16-10-13(9-15-16)14-8-12-6-4-5-11(2)7-12/h9-12,14H,3-8H2,1-2H3. The maximum atomic E-state index is 4.27. The average Bonchev–Trinajstić information content (AvgIpc) is 2.74. The summed E-state index contributed by atoms with van der Waals surface area (Å²) in [7, 11) is 0. The molecule has 0 aliphatic heterocycles. The lowest BCUT2D eigenvalue weighted by atomic mass is 9.82. The van der Waals surface area contributed by atoms with Crippen LogP contribution >= 0.6 is 0 Å². The van der Waals surface area contributed by atoms with E-state index in [-0.39, 0.29) is 0 Å². The zero-order chi connectivity index (χ0) is 11.4. The van der Waals surface area contributed by atoms with Gasteiger partial charge in [-0.15, -0.1) is 0 Å². The number of aromatic nitrogens is 2. The van der Waals surface area contributed by atoms with Gasteiger partial charge in [0.2, 0.25) is 0 Å². The van der Waals surface area contributed by atoms with Gasteiger partial charge >= 0.3 is 0 Å². The molecule has 1 aromatic heterocycles. The van der Waals surface area contributed by atoms with Crippen molar-refractivity contribution in [3.05, 3.63) is 12.4 Å². The van der Waals surface area contributed by atoms with Gasteiger partial charge in [0.25, 0.3) is 0 Å². The predicted molar refractivity (Wildman–Crippen MR) is 67.5 cm³/mol. The van der Waals surface area contributed by atoms with Crippen molar-refractivity contribution in [2.75, 3.05) is 11.9 Å². The lowest BCUT2D eigenvalue weighted by Crippen LogP contribution is -2.20. The summed E-state index contributed by atoms with van der Waals surface area (Å²) in [6, 6.07) is 0. The van der Waals surface area contributed by atoms with Crippen LogP contribution in [0.3, 0.4) is 0 Å². The molecule has 1 aliphatic rings. The zero-order valence-electron chi connectivity index (χ0n) is 10.4. The minimum atomic E-state index is 0.855. The van der Waals surface area contributed by atoms with Gasteiger partial charge in [-0.1, -0.05) is 19.8 Å². The summed E-state index contributed by atoms with van der Waals surface area (Å²) >= 11 is 0. The molecule has 90 valence electrons. The van der Waals surface area contributed by atoms with Crippen molar-refractivity contribution in [3.8, 4) is 0 Å². The fourth-order valence-electron chi connectivity index (χ4n) is 2.64. The number of hydrogen-bond acceptors (Lipinski definition) is 2. The Bertz CT molecular complexity index is 319. The Morgan fingerprint density at radius 1 is 1.50 bits per heavy atom. The molecule has 16 heavy (non-hydrogen) atoms. The third-order valence-electron chi connectivity index (χ3n) is 3.60. The summed E-state index contributed by atoms with van der Waals surface area (Å²) in [6.45, 7) is 6.54. The molecule has 0 saturated heterocycles. The van der Waals surface area contributed by atoms with Gasteiger partial charge in [0, 0.05) is 19.3 Å². The fraction of sp³-hybridized carbons (Fsp3) is 0.769. The van der Waals surface area contributed by atoms with E-state index >= 15 is 0 Å². The molecule has 2 rings (SSSR count). The number of nitrogens with one attached hydrogen (secondary N) is 1. The minimum Gasteiger partial charge on any atom is -0.382 e. The average molecular weight is 221 g/mol. The molecular weight excluding hydrogens is 198 g/mol. The highest BCUT2D eigenvalue weighted by Crippen LogP contribution is 2.28. The van der Waals surface area contributed by atoms with Crippen LogP contribution in [-0.4, -0.2) is 16.3 Å². The molecule has 1 saturated carbocycles. The summed E-state index contributed by atoms with van der Waals surface area (Å²) < 4.78 is 1.96. The molecule has 0 bridgehead atoms. The summed E-state index contributed by atoms with van der Waals surface area (Å²) in [6.07, 6.45) is 9.61. The molecular formula is C13H23N3. The second-order valence-corrected chi connectivity index (χ2v) is 5.10. The van der Waals surface area contributed by atoms with Crippen molar-refractivity contribution in [3.63, 3.8) is 0 Å². The second-order valence-electron chi connectivity index (χ2n) is 5.10. The molecule has 1 aromatic rings. The number of anilines is 1. The number of nitrogens with zero attached hydrogens (tertiary/aromatic N) is 2. The Morgan fingerprint density at radius 2 is 2.38 bits per heavy atom. The Labute approximate surface area is 98.2 Å². The lowest BCUT2D eigenvalue weighted by molar-refractivity contribution is 0.293. The van der Waals surface area contributed by atoms with Gasteiger partial charge in [0.15, 0.2) is 0 Å². The minimum absolute atomic E-state index is 0.855. The highest BCUT2D eigenvalue weighted by atomic mass is 15.3. The molecule has 0 amide bonds. The van der Waals surface area contributed by atoms with E-state index in [4.69, 9.17) is 0 Å². The van der Waals surface area contributed by atoms with Crippen molar-refractivity contribution < 1.29 is 0 Å². The van der Waals surface area contributed by atoms with Crippen LogP contribution in [0, 0.1) is 11.8 Å². The van der Waals surface area contributed by atoms with Crippen molar-refractivity contribution in [1.29, 1.82) is 0 Å². The monoisotopic (exact) mass is 221 g/mol. The van der Waals surface area contributed by atoms with Crippen LogP contribution in [0.5, 0.6) is 0 Å². The van der Waals surface area contributed by atoms with Crippen LogP contribution in [0.4, 0.5) is 5.69 Å². The van der Waals surface area contributed by atoms with E-state index in [1.807, 2.05) is 10.9 Å². The van der Waals surface area contributed by atoms with Crippen molar-refractivity contribution in [2.45, 2.75) is 46.1 Å². The van der Waals surface area contributed by atoms with Gasteiger partial charge in [-0.3, -0.25) is 4.68 Å². The van der Waals surface area contributed by atoms with E-state index in [0.29, 0.717) is 0 Å². The fourth-order valence-corrected chi connectivity index (χ4v) is 2.64. The Balaban J connectivity index is 1.78. The Hall–Kier alpha value is -0.990. The van der Waals surface area contributed by atoms with Gasteiger partial charge in [0.1, 0.15) is 0 Å². The number of aryl methyl sites for hydroxylation is 1. The van der Waals surface area contributed by atoms with E-state index < -0.39 is 0 Å². The van der Waals surface area contributed by atoms with Crippen LogP contribution in [0.15, 0.2) is 12.4 Å². The summed E-state index contributed by atoms with van der Waals surface area (Å²) in [5.41, 5.74) is 1.17. The molecule has 3 nitrogen and oxygen atoms in total. The Morgan fingerprint density at radius 3 is 3.06 bits per heavy atom. The van der Waals surface area contributed by atoms with E-state index in [0.717, 1.165) is 24.9 Å². The van der Waals surface area contributed by atoms with E-state index in [2.05, 4.69) is 30.5 Å². The van der Waals surface area contributed by atoms with Crippen LogP contribution in [-0.2, 0) is 6.54 Å². The maximum absolute atomic E-state index is 4.27. The van der Waals surface area contributed by atoms with E-state index in [1.54, 1.807) is 0 Å². The summed E-state index contributed by atoms with van der Waals surface area (Å²) in [5.74, 6) is 1.77. The highest BCUT2D eigenvalue weighted by Gasteiger charge is 2.18. The predicted octanol–water partition coefficient (Wildman–Crippen LogP) is 3.14. The van der Waals surface area contributed by atoms with Gasteiger partial charge in [-0.25, -0.2) is 0 Å². The first kappa shape index (κ1) is 11.5. The highest BCUT2D eigenvalue weighted by molar-refractivity contribution is 5.38. The van der Waals surface area contributed by atoms with Gasteiger partial charge in [-0.05, 0) is 31.6 Å². The SMILES string of the molecule is CCn1cc(NCC2CCCC(C)C2)cn1. The third kappa shape index (κ3) is 3.00. The third-order valence-corrected chi connectivity index (χ3v) is 3.60. The van der Waals surface area contributed by atoms with E-state index in [1.165, 1.54) is 31.4 Å². The molecule has 0 spiro atoms. The first-order chi connectivity index (χ1) is 7.78. The summed E-state index contributed by atoms with van der Waals surface area (Å²) in [5, 5.41) is 7.77. The quantitative estimate of drug-likeness (QED) is 0.846. The second kappa shape index (κ2) is 5.37. The van der Waals surface area contributed by atoms with Crippen LogP contribution in [0.1, 0.15) is 39.5 Å². The maximum Gasteiger partial charge on any atom is 0.0726 e. The molecule has 1 aliphatic carbocycles. The largest absolute Gasteiger partial charge is 0.382 e. The first-order valence-corrected chi connectivity index (χ1v) is 6.54. The van der Waals surface area contributed by atoms with Crippen LogP contribution in [0.25, 0.3) is 0 Å². The number of hydrogen-bond donors (Lipinski definition) is 1. The molecule has 1 N–H and O–H groups in total. The van der Waals surface area contributed by atoms with Crippen molar-refractivity contribution in [2.24, 2.45) is 11.8 Å². The molecule has 2 unspecified atom stereocenters. The Kier molecular flexibility index (Phi) is 3.86. The molecule has 0 aromatic carbocycles. The summed E-state index contributed by atoms with van der Waals surface area (Å²) in [4.78, 5) is 0. The molecule has 1 fully saturated rings. The smallest absolute Gasteiger partial charge is 0.0726 e.